The molecular weight excluding hydrogens is 438 g/mol. The maximum atomic E-state index is 12.6. The van der Waals surface area contributed by atoms with Gasteiger partial charge in [-0.3, -0.25) is 4.79 Å². The fraction of sp³-hybridized carbons (Fsp3) is 0.167. The van der Waals surface area contributed by atoms with Crippen LogP contribution in [0.1, 0.15) is 16.3 Å². The number of nitrogens with one attached hydrogen (secondary N) is 1. The largest absolute Gasteiger partial charge is 0.302 e. The molecule has 0 radical (unpaired) electrons. The summed E-state index contributed by atoms with van der Waals surface area (Å²) in [5.41, 5.74) is 3.10. The van der Waals surface area contributed by atoms with Gasteiger partial charge in [-0.25, -0.2) is 4.98 Å². The minimum absolute atomic E-state index is 0.124. The van der Waals surface area contributed by atoms with Gasteiger partial charge < -0.3 is 9.88 Å². The number of nitrogens with zero attached hydrogens (tertiary/aromatic N) is 4. The van der Waals surface area contributed by atoms with Crippen molar-refractivity contribution in [3.63, 3.8) is 0 Å². The van der Waals surface area contributed by atoms with Crippen molar-refractivity contribution in [1.29, 1.82) is 0 Å². The van der Waals surface area contributed by atoms with Crippen LogP contribution in [0, 0.1) is 6.92 Å². The Balaban J connectivity index is 1.40. The molecule has 1 N–H and O–H groups in total. The number of thiazole rings is 1. The predicted octanol–water partition coefficient (Wildman–Crippen LogP) is 5.22. The molecule has 0 atom stereocenters. The van der Waals surface area contributed by atoms with Crippen LogP contribution in [-0.4, -0.2) is 31.4 Å². The molecule has 4 rings (SSSR count). The summed E-state index contributed by atoms with van der Waals surface area (Å²) < 4.78 is 2.00. The van der Waals surface area contributed by atoms with E-state index >= 15 is 0 Å². The number of hydrogen-bond donors (Lipinski definition) is 1. The van der Waals surface area contributed by atoms with Crippen molar-refractivity contribution in [3.05, 3.63) is 89.6 Å². The van der Waals surface area contributed by atoms with Crippen molar-refractivity contribution in [2.24, 2.45) is 0 Å². The lowest BCUT2D eigenvalue weighted by Crippen LogP contribution is -2.14. The van der Waals surface area contributed by atoms with Crippen molar-refractivity contribution < 1.29 is 4.79 Å². The first-order chi connectivity index (χ1) is 15.6. The highest BCUT2D eigenvalue weighted by molar-refractivity contribution is 7.99. The van der Waals surface area contributed by atoms with Gasteiger partial charge in [0.2, 0.25) is 5.91 Å². The first kappa shape index (κ1) is 22.0. The summed E-state index contributed by atoms with van der Waals surface area (Å²) >= 11 is 2.84. The lowest BCUT2D eigenvalue weighted by Gasteiger charge is -2.07. The van der Waals surface area contributed by atoms with Gasteiger partial charge >= 0.3 is 0 Å². The van der Waals surface area contributed by atoms with Crippen LogP contribution >= 0.6 is 23.1 Å². The number of benzene rings is 2. The molecule has 162 valence electrons. The van der Waals surface area contributed by atoms with E-state index in [0.29, 0.717) is 23.3 Å². The van der Waals surface area contributed by atoms with Gasteiger partial charge in [0, 0.05) is 23.4 Å². The molecule has 0 aliphatic carbocycles. The summed E-state index contributed by atoms with van der Waals surface area (Å²) in [6.45, 7) is 6.44. The van der Waals surface area contributed by atoms with Crippen LogP contribution in [0.3, 0.4) is 0 Å². The number of amides is 1. The normalized spacial score (nSPS) is 10.8. The molecule has 0 saturated carbocycles. The van der Waals surface area contributed by atoms with E-state index in [2.05, 4.69) is 39.2 Å². The zero-order valence-corrected chi connectivity index (χ0v) is 19.3. The summed E-state index contributed by atoms with van der Waals surface area (Å²) in [5.74, 6) is 0.947. The van der Waals surface area contributed by atoms with Gasteiger partial charge in [0.05, 0.1) is 11.4 Å². The van der Waals surface area contributed by atoms with Crippen molar-refractivity contribution in [3.8, 4) is 11.3 Å². The quantitative estimate of drug-likeness (QED) is 0.273. The summed E-state index contributed by atoms with van der Waals surface area (Å²) in [6.07, 6.45) is 2.49. The molecule has 0 spiro atoms. The first-order valence-corrected chi connectivity index (χ1v) is 12.0. The average Bonchev–Trinajstić information content (AvgIpc) is 3.36. The van der Waals surface area contributed by atoms with E-state index < -0.39 is 0 Å². The summed E-state index contributed by atoms with van der Waals surface area (Å²) in [5, 5.41) is 12.9. The van der Waals surface area contributed by atoms with E-state index in [9.17, 15) is 4.79 Å². The van der Waals surface area contributed by atoms with Gasteiger partial charge in [-0.05, 0) is 12.5 Å². The standard InChI is InChI=1S/C24H23N5OS2/c1-3-14-29-20(15-18-10-6-4-7-11-18)27-28-24(29)31-16-21(30)25-23-26-22(17(2)32-23)19-12-8-5-9-13-19/h3-13H,1,14-16H2,2H3,(H,25,26,30). The highest BCUT2D eigenvalue weighted by atomic mass is 32.2. The Labute approximate surface area is 195 Å². The Morgan fingerprint density at radius 3 is 2.56 bits per heavy atom. The number of thioether (sulfide) groups is 1. The van der Waals surface area contributed by atoms with Gasteiger partial charge in [0.15, 0.2) is 10.3 Å². The lowest BCUT2D eigenvalue weighted by atomic mass is 10.1. The van der Waals surface area contributed by atoms with Crippen LogP contribution in [0.5, 0.6) is 0 Å². The minimum Gasteiger partial charge on any atom is -0.302 e. The number of aromatic nitrogens is 4. The predicted molar refractivity (Wildman–Crippen MR) is 131 cm³/mol. The third kappa shape index (κ3) is 5.33. The van der Waals surface area contributed by atoms with Crippen LogP contribution in [0.25, 0.3) is 11.3 Å². The Morgan fingerprint density at radius 2 is 1.84 bits per heavy atom. The number of carbonyl (C=O) groups excluding carboxylic acids is 1. The summed E-state index contributed by atoms with van der Waals surface area (Å²) in [4.78, 5) is 18.2. The van der Waals surface area contributed by atoms with Gasteiger partial charge in [-0.2, -0.15) is 0 Å². The zero-order chi connectivity index (χ0) is 22.3. The molecule has 0 aliphatic heterocycles. The van der Waals surface area contributed by atoms with E-state index in [1.807, 2.05) is 66.1 Å². The maximum Gasteiger partial charge on any atom is 0.236 e. The molecule has 2 aromatic carbocycles. The van der Waals surface area contributed by atoms with Crippen LogP contribution in [0.2, 0.25) is 0 Å². The Hall–Kier alpha value is -3.23. The van der Waals surface area contributed by atoms with Crippen molar-refractivity contribution >= 4 is 34.1 Å². The molecular formula is C24H23N5OS2. The third-order valence-electron chi connectivity index (χ3n) is 4.73. The lowest BCUT2D eigenvalue weighted by molar-refractivity contribution is -0.113. The van der Waals surface area contributed by atoms with Crippen molar-refractivity contribution in [2.75, 3.05) is 11.1 Å². The third-order valence-corrected chi connectivity index (χ3v) is 6.59. The molecule has 2 heterocycles. The second-order valence-electron chi connectivity index (χ2n) is 7.09. The molecule has 4 aromatic rings. The number of rotatable bonds is 9. The minimum atomic E-state index is -0.124. The monoisotopic (exact) mass is 461 g/mol. The number of carbonyl (C=O) groups is 1. The van der Waals surface area contributed by atoms with E-state index in [4.69, 9.17) is 0 Å². The highest BCUT2D eigenvalue weighted by Crippen LogP contribution is 2.30. The molecule has 0 bridgehead atoms. The van der Waals surface area contributed by atoms with E-state index in [1.165, 1.54) is 23.1 Å². The van der Waals surface area contributed by atoms with Gasteiger partial charge in [-0.15, -0.1) is 28.1 Å². The highest BCUT2D eigenvalue weighted by Gasteiger charge is 2.16. The van der Waals surface area contributed by atoms with Gasteiger partial charge in [-0.1, -0.05) is 78.5 Å². The summed E-state index contributed by atoms with van der Waals surface area (Å²) in [6, 6.07) is 20.1. The number of allylic oxidation sites excluding steroid dienone is 1. The smallest absolute Gasteiger partial charge is 0.236 e. The van der Waals surface area contributed by atoms with Crippen LogP contribution in [0.15, 0.2) is 78.5 Å². The average molecular weight is 462 g/mol. The maximum absolute atomic E-state index is 12.6. The molecule has 8 heteroatoms. The van der Waals surface area contributed by atoms with Crippen LogP contribution < -0.4 is 5.32 Å². The van der Waals surface area contributed by atoms with Crippen molar-refractivity contribution in [1.82, 2.24) is 19.7 Å². The van der Waals surface area contributed by atoms with E-state index in [1.54, 1.807) is 0 Å². The second-order valence-corrected chi connectivity index (χ2v) is 9.23. The molecule has 0 aliphatic rings. The van der Waals surface area contributed by atoms with Crippen LogP contribution in [0.4, 0.5) is 5.13 Å². The number of hydrogen-bond acceptors (Lipinski definition) is 6. The van der Waals surface area contributed by atoms with Gasteiger partial charge in [0.25, 0.3) is 0 Å². The molecule has 0 fully saturated rings. The van der Waals surface area contributed by atoms with Crippen LogP contribution in [-0.2, 0) is 17.8 Å². The molecule has 0 unspecified atom stereocenters. The van der Waals surface area contributed by atoms with E-state index in [0.717, 1.165) is 27.5 Å². The topological polar surface area (TPSA) is 72.7 Å². The van der Waals surface area contributed by atoms with E-state index in [-0.39, 0.29) is 11.7 Å². The van der Waals surface area contributed by atoms with Gasteiger partial charge in [0.1, 0.15) is 5.82 Å². The first-order valence-electron chi connectivity index (χ1n) is 10.2. The molecule has 0 saturated heterocycles. The molecule has 1 amide bonds. The Morgan fingerprint density at radius 1 is 1.12 bits per heavy atom. The Bertz CT molecular complexity index is 1200. The fourth-order valence-corrected chi connectivity index (χ4v) is 4.87. The second kappa shape index (κ2) is 10.4. The molecule has 32 heavy (non-hydrogen) atoms. The molecule has 6 nitrogen and oxygen atoms in total. The summed E-state index contributed by atoms with van der Waals surface area (Å²) in [7, 11) is 0. The molecule has 2 aromatic heterocycles. The van der Waals surface area contributed by atoms with Crippen molar-refractivity contribution in [2.45, 2.75) is 25.0 Å². The zero-order valence-electron chi connectivity index (χ0n) is 17.7. The number of aryl methyl sites for hydroxylation is 1. The fourth-order valence-electron chi connectivity index (χ4n) is 3.25. The number of anilines is 1. The Kier molecular flexibility index (Phi) is 7.14. The SMILES string of the molecule is C=CCn1c(Cc2ccccc2)nnc1SCC(=O)Nc1nc(-c2ccccc2)c(C)s1.